The van der Waals surface area contributed by atoms with Gasteiger partial charge in [0.2, 0.25) is 0 Å². The summed E-state index contributed by atoms with van der Waals surface area (Å²) in [6.07, 6.45) is 0.816. The zero-order valence-corrected chi connectivity index (χ0v) is 17.3. The molecule has 2 aromatic heterocycles. The first-order chi connectivity index (χ1) is 14.1. The van der Waals surface area contributed by atoms with E-state index in [1.54, 1.807) is 19.1 Å². The molecule has 30 heavy (non-hydrogen) atoms. The molecule has 0 aliphatic rings. The molecule has 2 rings (SSSR count). The summed E-state index contributed by atoms with van der Waals surface area (Å²) in [6.45, 7) is 4.15. The molecule has 166 valence electrons. The lowest BCUT2D eigenvalue weighted by molar-refractivity contribution is -0.154. The van der Waals surface area contributed by atoms with Crippen LogP contribution in [0.2, 0.25) is 0 Å². The van der Waals surface area contributed by atoms with Crippen molar-refractivity contribution in [3.05, 3.63) is 53.7 Å². The fraction of sp³-hybridized carbons (Fsp3) is 0.450. The van der Waals surface area contributed by atoms with E-state index in [1.165, 1.54) is 31.8 Å². The van der Waals surface area contributed by atoms with Crippen LogP contribution in [0.1, 0.15) is 49.2 Å². The van der Waals surface area contributed by atoms with Crippen molar-refractivity contribution in [3.8, 4) is 11.6 Å². The van der Waals surface area contributed by atoms with Crippen LogP contribution in [0.3, 0.4) is 0 Å². The van der Waals surface area contributed by atoms with Crippen molar-refractivity contribution in [1.82, 2.24) is 15.3 Å². The van der Waals surface area contributed by atoms with Gasteiger partial charge in [-0.15, -0.1) is 6.04 Å². The Labute approximate surface area is 173 Å². The number of alkyl halides is 3. The molecule has 0 aliphatic carbocycles. The summed E-state index contributed by atoms with van der Waals surface area (Å²) in [4.78, 5) is 19.8. The van der Waals surface area contributed by atoms with Crippen molar-refractivity contribution in [2.24, 2.45) is 0 Å². The fourth-order valence-electron chi connectivity index (χ4n) is 1.96. The van der Waals surface area contributed by atoms with E-state index in [-0.39, 0.29) is 23.6 Å². The molecule has 0 spiro atoms. The Bertz CT molecular complexity index is 787. The molecule has 2 N–H and O–H groups in total. The molecule has 0 saturated heterocycles. The second-order valence-corrected chi connectivity index (χ2v) is 6.42. The number of nitrogens with one attached hydrogen (secondary N) is 2. The maximum absolute atomic E-state index is 12.2. The first-order valence-corrected chi connectivity index (χ1v) is 9.22. The fourth-order valence-corrected chi connectivity index (χ4v) is 1.96. The van der Waals surface area contributed by atoms with E-state index in [2.05, 4.69) is 20.0 Å². The van der Waals surface area contributed by atoms with E-state index in [1.807, 2.05) is 13.8 Å². The molecule has 2 aromatic rings. The summed E-state index contributed by atoms with van der Waals surface area (Å²) in [6, 6.07) is 4.29. The Morgan fingerprint density at radius 2 is 1.87 bits per heavy atom. The van der Waals surface area contributed by atoms with Gasteiger partial charge in [-0.1, -0.05) is 20.3 Å². The van der Waals surface area contributed by atoms with Crippen molar-refractivity contribution < 1.29 is 27.4 Å². The number of nitrogens with zero attached hydrogens (tertiary/aromatic N) is 2. The van der Waals surface area contributed by atoms with Gasteiger partial charge in [0.05, 0.1) is 13.2 Å². The number of hydrogen-bond acceptors (Lipinski definition) is 5. The number of hydrogen-bond donors (Lipinski definition) is 1. The highest BCUT2D eigenvalue weighted by molar-refractivity contribution is 5.94. The van der Waals surface area contributed by atoms with E-state index in [0.717, 1.165) is 6.42 Å². The van der Waals surface area contributed by atoms with Crippen molar-refractivity contribution in [3.63, 3.8) is 0 Å². The van der Waals surface area contributed by atoms with Crippen molar-refractivity contribution in [1.29, 1.82) is 0 Å². The van der Waals surface area contributed by atoms with E-state index >= 15 is 0 Å². The maximum Gasteiger partial charge on any atom is 0.422 e. The van der Waals surface area contributed by atoms with Crippen molar-refractivity contribution >= 4 is 5.91 Å². The minimum Gasteiger partial charge on any atom is -0.675 e. The number of rotatable bonds is 7. The largest absolute Gasteiger partial charge is 0.675 e. The minimum atomic E-state index is -4.48. The van der Waals surface area contributed by atoms with Crippen LogP contribution < -0.4 is 14.8 Å². The normalized spacial score (nSPS) is 12.8. The van der Waals surface area contributed by atoms with Crippen LogP contribution in [0.15, 0.2) is 36.8 Å². The van der Waals surface area contributed by atoms with Gasteiger partial charge in [0.1, 0.15) is 0 Å². The van der Waals surface area contributed by atoms with Crippen molar-refractivity contribution in [2.45, 2.75) is 45.5 Å². The molecule has 0 radical (unpaired) electrons. The summed E-state index contributed by atoms with van der Waals surface area (Å²) >= 11 is 0. The summed E-state index contributed by atoms with van der Waals surface area (Å²) in [5.41, 5.74) is 7.82. The second-order valence-electron chi connectivity index (χ2n) is 6.42. The lowest BCUT2D eigenvalue weighted by Crippen LogP contribution is -2.26. The smallest absolute Gasteiger partial charge is 0.422 e. The molecule has 0 aliphatic heterocycles. The van der Waals surface area contributed by atoms with E-state index < -0.39 is 18.8 Å². The third-order valence-corrected chi connectivity index (χ3v) is 3.83. The number of carbonyl (C=O) groups is 1. The molecule has 0 fully saturated rings. The molecular weight excluding hydrogens is 401 g/mol. The molecule has 0 bridgehead atoms. The zero-order chi connectivity index (χ0) is 22.7. The number of halogens is 3. The summed E-state index contributed by atoms with van der Waals surface area (Å²) in [5, 5.41) is 2.76. The zero-order valence-electron chi connectivity index (χ0n) is 17.3. The van der Waals surface area contributed by atoms with Gasteiger partial charge in [-0.05, 0) is 30.7 Å². The predicted molar refractivity (Wildman–Crippen MR) is 107 cm³/mol. The topological polar surface area (TPSA) is 97.1 Å². The van der Waals surface area contributed by atoms with Crippen LogP contribution in [0.5, 0.6) is 11.6 Å². The summed E-state index contributed by atoms with van der Waals surface area (Å²) in [7, 11) is 1.29. The number of carbonyl (C=O) groups excluding carboxylic acids is 1. The lowest BCUT2D eigenvalue weighted by atomic mass is 10.1. The van der Waals surface area contributed by atoms with Gasteiger partial charge in [0.15, 0.2) is 12.4 Å². The van der Waals surface area contributed by atoms with Crippen LogP contribution in [-0.2, 0) is 0 Å². The molecule has 0 saturated carbocycles. The Balaban J connectivity index is 0.000000804. The van der Waals surface area contributed by atoms with Gasteiger partial charge in [0.25, 0.3) is 11.8 Å². The number of amides is 1. The average Bonchev–Trinajstić information content (AvgIpc) is 2.72. The molecule has 10 heteroatoms. The molecule has 2 atom stereocenters. The van der Waals surface area contributed by atoms with Crippen LogP contribution in [0.25, 0.3) is 5.73 Å². The van der Waals surface area contributed by atoms with Gasteiger partial charge in [0, 0.05) is 24.2 Å². The van der Waals surface area contributed by atoms with Crippen LogP contribution in [0, 0.1) is 0 Å². The molecule has 0 aromatic carbocycles. The third kappa shape index (κ3) is 9.08. The summed E-state index contributed by atoms with van der Waals surface area (Å²) < 4.78 is 46.4. The Morgan fingerprint density at radius 3 is 2.37 bits per heavy atom. The van der Waals surface area contributed by atoms with Crippen LogP contribution in [-0.4, -0.2) is 41.8 Å². The maximum atomic E-state index is 12.2. The van der Waals surface area contributed by atoms with Gasteiger partial charge < -0.3 is 20.5 Å². The first kappa shape index (κ1) is 25.2. The SMILES string of the molecule is CCC(C)[NH-].COc1cc(C(C)NC(=O)c2ccncc2)cnc1OCC(F)(F)F. The number of methoxy groups -OCH3 is 1. The molecule has 7 nitrogen and oxygen atoms in total. The number of pyridine rings is 2. The lowest BCUT2D eigenvalue weighted by Gasteiger charge is -2.17. The second kappa shape index (κ2) is 12.0. The molecule has 1 amide bonds. The van der Waals surface area contributed by atoms with Crippen molar-refractivity contribution in [2.75, 3.05) is 13.7 Å². The summed E-state index contributed by atoms with van der Waals surface area (Å²) in [5.74, 6) is -0.533. The number of ether oxygens (including phenoxy) is 2. The molecule has 2 unspecified atom stereocenters. The monoisotopic (exact) mass is 427 g/mol. The number of aromatic nitrogens is 2. The van der Waals surface area contributed by atoms with Crippen LogP contribution >= 0.6 is 0 Å². The van der Waals surface area contributed by atoms with E-state index in [0.29, 0.717) is 11.1 Å². The standard InChI is InChI=1S/C16H16F3N3O3.C4H10N/c1-10(22-14(23)11-3-5-20-6-4-11)12-7-13(24-2)15(21-8-12)25-9-16(17,18)19;1-3-4(2)5/h3-8,10H,9H2,1-2H3,(H,22,23);4-5H,3H2,1-2H3/q;-1. The third-order valence-electron chi connectivity index (χ3n) is 3.83. The van der Waals surface area contributed by atoms with E-state index in [4.69, 9.17) is 10.5 Å². The average molecular weight is 427 g/mol. The van der Waals surface area contributed by atoms with Gasteiger partial charge >= 0.3 is 6.18 Å². The quantitative estimate of drug-likeness (QED) is 0.687. The van der Waals surface area contributed by atoms with E-state index in [9.17, 15) is 18.0 Å². The van der Waals surface area contributed by atoms with Gasteiger partial charge in [-0.3, -0.25) is 9.78 Å². The molecule has 2 heterocycles. The van der Waals surface area contributed by atoms with Gasteiger partial charge in [-0.25, -0.2) is 4.98 Å². The Hall–Kier alpha value is -2.88. The van der Waals surface area contributed by atoms with Crippen LogP contribution in [0.4, 0.5) is 13.2 Å². The highest BCUT2D eigenvalue weighted by Crippen LogP contribution is 2.29. The highest BCUT2D eigenvalue weighted by atomic mass is 19.4. The first-order valence-electron chi connectivity index (χ1n) is 9.22. The Morgan fingerprint density at radius 1 is 1.27 bits per heavy atom. The highest BCUT2D eigenvalue weighted by Gasteiger charge is 2.29. The van der Waals surface area contributed by atoms with Gasteiger partial charge in [-0.2, -0.15) is 13.2 Å². The minimum absolute atomic E-state index is 0.0479. The predicted octanol–water partition coefficient (Wildman–Crippen LogP) is 4.75. The Kier molecular flexibility index (Phi) is 10.0. The molecular formula is C20H26F3N4O3-.